The van der Waals surface area contributed by atoms with E-state index in [2.05, 4.69) is 11.1 Å². The molecule has 68 valence electrons. The number of aliphatic hydroxyl groups excluding tert-OH is 2. The molecule has 0 spiro atoms. The molecular weight excluding hydrogens is 152 g/mol. The van der Waals surface area contributed by atoms with Gasteiger partial charge in [-0.15, -0.1) is 0 Å². The van der Waals surface area contributed by atoms with Crippen LogP contribution in [0, 0.1) is 0 Å². The van der Waals surface area contributed by atoms with Gasteiger partial charge in [-0.3, -0.25) is 0 Å². The highest BCUT2D eigenvalue weighted by Gasteiger charge is 1.78. The van der Waals surface area contributed by atoms with Gasteiger partial charge in [-0.25, -0.2) is 4.79 Å². The fourth-order valence-electron chi connectivity index (χ4n) is 0.283. The smallest absolute Gasteiger partial charge is 0.402 e. The second-order valence-electron chi connectivity index (χ2n) is 1.54. The van der Waals surface area contributed by atoms with Crippen LogP contribution in [-0.4, -0.2) is 47.7 Å². The number of carbonyl (C=O) groups is 1. The van der Waals surface area contributed by atoms with E-state index < -0.39 is 6.09 Å². The number of primary amides is 1. The minimum atomic E-state index is -1.33. The Labute approximate surface area is 64.6 Å². The van der Waals surface area contributed by atoms with Crippen molar-refractivity contribution in [3.8, 4) is 0 Å². The first-order valence-corrected chi connectivity index (χ1v) is 3.06. The van der Waals surface area contributed by atoms with E-state index in [1.165, 1.54) is 0 Å². The molecule has 0 rings (SSSR count). The summed E-state index contributed by atoms with van der Waals surface area (Å²) in [5, 5.41) is 26.3. The maximum absolute atomic E-state index is 8.78. The number of nitrogens with two attached hydrogens (primary N) is 1. The molecule has 0 unspecified atom stereocenters. The Hall–Kier alpha value is -0.850. The van der Waals surface area contributed by atoms with Crippen LogP contribution in [0.25, 0.3) is 0 Å². The van der Waals surface area contributed by atoms with Crippen molar-refractivity contribution < 1.29 is 20.1 Å². The third kappa shape index (κ3) is 47.1. The van der Waals surface area contributed by atoms with Gasteiger partial charge in [0.25, 0.3) is 0 Å². The van der Waals surface area contributed by atoms with E-state index in [-0.39, 0.29) is 13.2 Å². The molecule has 0 fully saturated rings. The van der Waals surface area contributed by atoms with Gasteiger partial charge in [-0.05, 0) is 0 Å². The Morgan fingerprint density at radius 2 is 1.55 bits per heavy atom. The standard InChI is InChI=1S/C4H11NO2.CH3NO2/c6-3-1-5-2-4-7;2-1(3)4/h5-7H,1-4H2;2H2,(H,3,4). The van der Waals surface area contributed by atoms with E-state index in [1.54, 1.807) is 0 Å². The molecule has 0 radical (unpaired) electrons. The second kappa shape index (κ2) is 11.9. The molecule has 0 aromatic heterocycles. The number of amides is 1. The van der Waals surface area contributed by atoms with Crippen LogP contribution in [0.4, 0.5) is 4.79 Å². The van der Waals surface area contributed by atoms with Crippen molar-refractivity contribution in [3.63, 3.8) is 0 Å². The fraction of sp³-hybridized carbons (Fsp3) is 0.800. The molecule has 0 aliphatic rings. The number of carboxylic acid groups (broad SMARTS) is 1. The summed E-state index contributed by atoms with van der Waals surface area (Å²) in [4.78, 5) is 8.78. The zero-order chi connectivity index (χ0) is 9.11. The number of hydrogen-bond donors (Lipinski definition) is 5. The van der Waals surface area contributed by atoms with Gasteiger partial charge in [-0.1, -0.05) is 0 Å². The lowest BCUT2D eigenvalue weighted by molar-refractivity contribution is 0.205. The molecule has 6 heteroatoms. The van der Waals surface area contributed by atoms with E-state index in [4.69, 9.17) is 20.1 Å². The monoisotopic (exact) mass is 166 g/mol. The summed E-state index contributed by atoms with van der Waals surface area (Å²) in [6, 6.07) is 0. The molecule has 11 heavy (non-hydrogen) atoms. The molecule has 1 amide bonds. The number of hydrogen-bond acceptors (Lipinski definition) is 4. The summed E-state index contributed by atoms with van der Waals surface area (Å²) >= 11 is 0. The van der Waals surface area contributed by atoms with Gasteiger partial charge in [0.05, 0.1) is 13.2 Å². The number of rotatable bonds is 4. The van der Waals surface area contributed by atoms with Gasteiger partial charge in [0, 0.05) is 13.1 Å². The molecule has 0 bridgehead atoms. The first kappa shape index (κ1) is 12.8. The lowest BCUT2D eigenvalue weighted by Crippen LogP contribution is -2.21. The van der Waals surface area contributed by atoms with E-state index >= 15 is 0 Å². The van der Waals surface area contributed by atoms with Crippen molar-refractivity contribution in [1.29, 1.82) is 0 Å². The first-order valence-electron chi connectivity index (χ1n) is 3.06. The Bertz CT molecular complexity index is 80.6. The topological polar surface area (TPSA) is 116 Å². The largest absolute Gasteiger partial charge is 0.465 e. The highest BCUT2D eigenvalue weighted by molar-refractivity contribution is 5.61. The van der Waals surface area contributed by atoms with Crippen LogP contribution < -0.4 is 11.1 Å². The van der Waals surface area contributed by atoms with Crippen LogP contribution in [0.2, 0.25) is 0 Å². The summed E-state index contributed by atoms with van der Waals surface area (Å²) in [6.07, 6.45) is -1.33. The molecule has 0 aromatic carbocycles. The molecule has 0 aliphatic heterocycles. The Balaban J connectivity index is 0. The Morgan fingerprint density at radius 1 is 1.27 bits per heavy atom. The number of aliphatic hydroxyl groups is 2. The molecule has 6 nitrogen and oxygen atoms in total. The Kier molecular flexibility index (Phi) is 13.8. The molecule has 0 heterocycles. The van der Waals surface area contributed by atoms with Crippen molar-refractivity contribution in [2.45, 2.75) is 0 Å². The molecule has 0 saturated carbocycles. The van der Waals surface area contributed by atoms with Crippen molar-refractivity contribution in [2.24, 2.45) is 5.73 Å². The average molecular weight is 166 g/mol. The van der Waals surface area contributed by atoms with Gasteiger partial charge >= 0.3 is 6.09 Å². The van der Waals surface area contributed by atoms with Gasteiger partial charge < -0.3 is 26.4 Å². The van der Waals surface area contributed by atoms with Crippen molar-refractivity contribution in [2.75, 3.05) is 26.3 Å². The second-order valence-corrected chi connectivity index (χ2v) is 1.54. The average Bonchev–Trinajstić information content (AvgIpc) is 1.88. The maximum atomic E-state index is 8.78. The minimum Gasteiger partial charge on any atom is -0.465 e. The lowest BCUT2D eigenvalue weighted by atomic mass is 10.6. The molecule has 0 aromatic rings. The van der Waals surface area contributed by atoms with Crippen molar-refractivity contribution in [3.05, 3.63) is 0 Å². The van der Waals surface area contributed by atoms with E-state index in [0.29, 0.717) is 13.1 Å². The van der Waals surface area contributed by atoms with E-state index in [1.807, 2.05) is 0 Å². The lowest BCUT2D eigenvalue weighted by Gasteiger charge is -1.94. The summed E-state index contributed by atoms with van der Waals surface area (Å²) < 4.78 is 0. The van der Waals surface area contributed by atoms with Gasteiger partial charge in [0.1, 0.15) is 0 Å². The van der Waals surface area contributed by atoms with E-state index in [9.17, 15) is 0 Å². The van der Waals surface area contributed by atoms with Crippen LogP contribution >= 0.6 is 0 Å². The summed E-state index contributed by atoms with van der Waals surface area (Å²) in [5.74, 6) is 0. The van der Waals surface area contributed by atoms with Crippen LogP contribution in [0.1, 0.15) is 0 Å². The van der Waals surface area contributed by atoms with Crippen molar-refractivity contribution in [1.82, 2.24) is 5.32 Å². The van der Waals surface area contributed by atoms with Gasteiger partial charge in [0.15, 0.2) is 0 Å². The highest BCUT2D eigenvalue weighted by Crippen LogP contribution is 1.54. The predicted octanol–water partition coefficient (Wildman–Crippen LogP) is -1.82. The third-order valence-electron chi connectivity index (χ3n) is 0.577. The quantitative estimate of drug-likeness (QED) is 0.315. The van der Waals surface area contributed by atoms with Crippen LogP contribution in [0.15, 0.2) is 0 Å². The summed E-state index contributed by atoms with van der Waals surface area (Å²) in [5.41, 5.74) is 4.03. The highest BCUT2D eigenvalue weighted by atomic mass is 16.4. The summed E-state index contributed by atoms with van der Waals surface area (Å²) in [7, 11) is 0. The van der Waals surface area contributed by atoms with E-state index in [0.717, 1.165) is 0 Å². The zero-order valence-corrected chi connectivity index (χ0v) is 6.16. The van der Waals surface area contributed by atoms with Crippen molar-refractivity contribution >= 4 is 6.09 Å². The molecule has 0 saturated heterocycles. The normalized spacial score (nSPS) is 8.18. The zero-order valence-electron chi connectivity index (χ0n) is 6.16. The Morgan fingerprint density at radius 3 is 1.73 bits per heavy atom. The SMILES string of the molecule is NC(=O)O.OCCNCCO. The maximum Gasteiger partial charge on any atom is 0.402 e. The molecular formula is C5H14N2O4. The summed E-state index contributed by atoms with van der Waals surface area (Å²) in [6.45, 7) is 1.42. The molecule has 0 atom stereocenters. The van der Waals surface area contributed by atoms with Gasteiger partial charge in [0.2, 0.25) is 0 Å². The number of nitrogens with one attached hydrogen (secondary N) is 1. The van der Waals surface area contributed by atoms with Crippen LogP contribution in [0.5, 0.6) is 0 Å². The predicted molar refractivity (Wildman–Crippen MR) is 39.3 cm³/mol. The van der Waals surface area contributed by atoms with Gasteiger partial charge in [-0.2, -0.15) is 0 Å². The minimum absolute atomic E-state index is 0.139. The van der Waals surface area contributed by atoms with Crippen LogP contribution in [0.3, 0.4) is 0 Å². The fourth-order valence-corrected chi connectivity index (χ4v) is 0.283. The molecule has 0 aliphatic carbocycles. The third-order valence-corrected chi connectivity index (χ3v) is 0.577. The van der Waals surface area contributed by atoms with Crippen LogP contribution in [-0.2, 0) is 0 Å². The first-order chi connectivity index (χ1) is 5.15. The molecule has 6 N–H and O–H groups in total.